The van der Waals surface area contributed by atoms with Crippen LogP contribution in [0.1, 0.15) is 22.3 Å². The third-order valence-electron chi connectivity index (χ3n) is 3.49. The highest BCUT2D eigenvalue weighted by Gasteiger charge is 1.86. The topological polar surface area (TPSA) is 9.23 Å². The molecule has 0 aliphatic heterocycles. The van der Waals surface area contributed by atoms with E-state index < -0.39 is 0 Å². The van der Waals surface area contributed by atoms with Crippen molar-refractivity contribution in [3.8, 4) is 5.75 Å². The van der Waals surface area contributed by atoms with E-state index in [2.05, 4.69) is 45.0 Å². The number of halogens is 1. The van der Waals surface area contributed by atoms with Crippen molar-refractivity contribution in [2.75, 3.05) is 7.11 Å². The van der Waals surface area contributed by atoms with Gasteiger partial charge in [0.1, 0.15) is 11.6 Å². The first kappa shape index (κ1) is 20.4. The summed E-state index contributed by atoms with van der Waals surface area (Å²) >= 11 is 0. The molecule has 0 aliphatic carbocycles. The SMILES string of the molecule is COc1ccc(C)cc1.Cc1ccc(C)cc1.Cc1ccc(F)cc1. The Balaban J connectivity index is 0.000000188. The van der Waals surface area contributed by atoms with E-state index in [4.69, 9.17) is 4.74 Å². The van der Waals surface area contributed by atoms with Crippen LogP contribution in [-0.2, 0) is 0 Å². The molecule has 0 fully saturated rings. The van der Waals surface area contributed by atoms with Gasteiger partial charge in [-0.05, 0) is 52.0 Å². The molecule has 0 bridgehead atoms. The molecule has 25 heavy (non-hydrogen) atoms. The molecule has 2 heteroatoms. The Bertz CT molecular complexity index is 628. The van der Waals surface area contributed by atoms with Crippen molar-refractivity contribution in [1.82, 2.24) is 0 Å². The molecular weight excluding hydrogens is 311 g/mol. The van der Waals surface area contributed by atoms with Crippen LogP contribution in [0.4, 0.5) is 4.39 Å². The molecular formula is C23H27FO. The summed E-state index contributed by atoms with van der Waals surface area (Å²) in [6.45, 7) is 8.18. The smallest absolute Gasteiger partial charge is 0.123 e. The monoisotopic (exact) mass is 338 g/mol. The highest BCUT2D eigenvalue weighted by molar-refractivity contribution is 5.26. The molecule has 0 N–H and O–H groups in total. The van der Waals surface area contributed by atoms with Gasteiger partial charge in [0, 0.05) is 0 Å². The largest absolute Gasteiger partial charge is 0.497 e. The summed E-state index contributed by atoms with van der Waals surface area (Å²) in [6.07, 6.45) is 0. The predicted octanol–water partition coefficient (Wildman–Crippen LogP) is 6.44. The van der Waals surface area contributed by atoms with E-state index >= 15 is 0 Å². The molecule has 0 unspecified atom stereocenters. The summed E-state index contributed by atoms with van der Waals surface area (Å²) < 4.78 is 17.1. The lowest BCUT2D eigenvalue weighted by Gasteiger charge is -1.97. The Hall–Kier alpha value is -2.61. The van der Waals surface area contributed by atoms with Crippen LogP contribution < -0.4 is 4.74 Å². The second kappa shape index (κ2) is 11.0. The van der Waals surface area contributed by atoms with Crippen molar-refractivity contribution in [1.29, 1.82) is 0 Å². The second-order valence-electron chi connectivity index (χ2n) is 5.97. The zero-order valence-corrected chi connectivity index (χ0v) is 15.7. The van der Waals surface area contributed by atoms with Crippen LogP contribution in [0.5, 0.6) is 5.75 Å². The van der Waals surface area contributed by atoms with E-state index in [1.54, 1.807) is 19.2 Å². The van der Waals surface area contributed by atoms with Gasteiger partial charge in [0.05, 0.1) is 7.11 Å². The summed E-state index contributed by atoms with van der Waals surface area (Å²) in [4.78, 5) is 0. The lowest BCUT2D eigenvalue weighted by Crippen LogP contribution is -1.80. The molecule has 1 nitrogen and oxygen atoms in total. The number of ether oxygens (including phenoxy) is 1. The quantitative estimate of drug-likeness (QED) is 0.496. The van der Waals surface area contributed by atoms with Crippen molar-refractivity contribution in [2.24, 2.45) is 0 Å². The molecule has 0 aromatic heterocycles. The fraction of sp³-hybridized carbons (Fsp3) is 0.217. The third kappa shape index (κ3) is 9.31. The lowest BCUT2D eigenvalue weighted by atomic mass is 10.2. The summed E-state index contributed by atoms with van der Waals surface area (Å²) in [6, 6.07) is 22.8. The first-order chi connectivity index (χ1) is 11.9. The van der Waals surface area contributed by atoms with Crippen molar-refractivity contribution >= 4 is 0 Å². The molecule has 0 spiro atoms. The summed E-state index contributed by atoms with van der Waals surface area (Å²) in [5.74, 6) is 0.746. The van der Waals surface area contributed by atoms with Crippen LogP contribution in [0.25, 0.3) is 0 Å². The first-order valence-corrected chi connectivity index (χ1v) is 8.27. The summed E-state index contributed by atoms with van der Waals surface area (Å²) in [5.41, 5.74) is 5.01. The average molecular weight is 338 g/mol. The van der Waals surface area contributed by atoms with Gasteiger partial charge in [-0.25, -0.2) is 4.39 Å². The Kier molecular flexibility index (Phi) is 9.02. The van der Waals surface area contributed by atoms with Gasteiger partial charge in [-0.2, -0.15) is 0 Å². The van der Waals surface area contributed by atoms with E-state index in [9.17, 15) is 4.39 Å². The van der Waals surface area contributed by atoms with Crippen LogP contribution in [0.2, 0.25) is 0 Å². The zero-order chi connectivity index (χ0) is 18.7. The highest BCUT2D eigenvalue weighted by atomic mass is 19.1. The molecule has 0 amide bonds. The number of hydrogen-bond acceptors (Lipinski definition) is 1. The molecule has 3 rings (SSSR count). The van der Waals surface area contributed by atoms with Crippen LogP contribution >= 0.6 is 0 Å². The minimum atomic E-state index is -0.171. The molecule has 0 heterocycles. The van der Waals surface area contributed by atoms with E-state index in [0.717, 1.165) is 11.3 Å². The maximum Gasteiger partial charge on any atom is 0.123 e. The van der Waals surface area contributed by atoms with Gasteiger partial charge in [0.2, 0.25) is 0 Å². The minimum absolute atomic E-state index is 0.171. The standard InChI is InChI=1S/C8H10O.C8H10.C7H7F/c1-7-3-5-8(9-2)6-4-7;1-7-3-5-8(2)6-4-7;1-6-2-4-7(8)5-3-6/h3-6H,1-2H3;3-6H,1-2H3;2-5H,1H3. The minimum Gasteiger partial charge on any atom is -0.497 e. The van der Waals surface area contributed by atoms with Crippen molar-refractivity contribution in [2.45, 2.75) is 27.7 Å². The predicted molar refractivity (Wildman–Crippen MR) is 105 cm³/mol. The van der Waals surface area contributed by atoms with E-state index in [1.165, 1.54) is 28.8 Å². The maximum absolute atomic E-state index is 12.1. The van der Waals surface area contributed by atoms with Crippen molar-refractivity contribution < 1.29 is 9.13 Å². The highest BCUT2D eigenvalue weighted by Crippen LogP contribution is 2.09. The molecule has 0 saturated carbocycles. The van der Waals surface area contributed by atoms with Gasteiger partial charge in [0.25, 0.3) is 0 Å². The first-order valence-electron chi connectivity index (χ1n) is 8.27. The number of rotatable bonds is 1. The van der Waals surface area contributed by atoms with Gasteiger partial charge >= 0.3 is 0 Å². The van der Waals surface area contributed by atoms with Crippen LogP contribution in [-0.4, -0.2) is 7.11 Å². The Morgan fingerprint density at radius 3 is 1.08 bits per heavy atom. The average Bonchev–Trinajstić information content (AvgIpc) is 2.62. The second-order valence-corrected chi connectivity index (χ2v) is 5.97. The van der Waals surface area contributed by atoms with Gasteiger partial charge in [-0.3, -0.25) is 0 Å². The molecule has 0 atom stereocenters. The third-order valence-corrected chi connectivity index (χ3v) is 3.49. The molecule has 3 aromatic rings. The Morgan fingerprint density at radius 1 is 0.520 bits per heavy atom. The van der Waals surface area contributed by atoms with Gasteiger partial charge in [0.15, 0.2) is 0 Å². The number of aryl methyl sites for hydroxylation is 4. The fourth-order valence-corrected chi connectivity index (χ4v) is 1.84. The van der Waals surface area contributed by atoms with E-state index in [1.807, 2.05) is 31.2 Å². The zero-order valence-electron chi connectivity index (χ0n) is 15.7. The van der Waals surface area contributed by atoms with Crippen molar-refractivity contribution in [3.05, 3.63) is 101 Å². The molecule has 0 aliphatic rings. The van der Waals surface area contributed by atoms with Crippen LogP contribution in [0.15, 0.2) is 72.8 Å². The van der Waals surface area contributed by atoms with Crippen LogP contribution in [0, 0.1) is 33.5 Å². The summed E-state index contributed by atoms with van der Waals surface area (Å²) in [7, 11) is 1.67. The normalized spacial score (nSPS) is 9.20. The maximum atomic E-state index is 12.1. The van der Waals surface area contributed by atoms with E-state index in [-0.39, 0.29) is 5.82 Å². The van der Waals surface area contributed by atoms with Gasteiger partial charge in [-0.1, -0.05) is 70.8 Å². The lowest BCUT2D eigenvalue weighted by molar-refractivity contribution is 0.414. The Labute approximate surface area is 151 Å². The van der Waals surface area contributed by atoms with Crippen LogP contribution in [0.3, 0.4) is 0 Å². The molecule has 3 aromatic carbocycles. The molecule has 0 radical (unpaired) electrons. The number of hydrogen-bond donors (Lipinski definition) is 0. The molecule has 132 valence electrons. The number of methoxy groups -OCH3 is 1. The van der Waals surface area contributed by atoms with Gasteiger partial charge < -0.3 is 4.74 Å². The summed E-state index contributed by atoms with van der Waals surface area (Å²) in [5, 5.41) is 0. The van der Waals surface area contributed by atoms with Crippen molar-refractivity contribution in [3.63, 3.8) is 0 Å². The Morgan fingerprint density at radius 2 is 0.800 bits per heavy atom. The fourth-order valence-electron chi connectivity index (χ4n) is 1.84. The van der Waals surface area contributed by atoms with E-state index in [0.29, 0.717) is 0 Å². The number of benzene rings is 3. The molecule has 0 saturated heterocycles. The van der Waals surface area contributed by atoms with Gasteiger partial charge in [-0.15, -0.1) is 0 Å².